The van der Waals surface area contributed by atoms with Gasteiger partial charge in [0.2, 0.25) is 0 Å². The summed E-state index contributed by atoms with van der Waals surface area (Å²) in [5, 5.41) is 11.5. The Labute approximate surface area is 195 Å². The molecule has 2 aromatic heterocycles. The van der Waals surface area contributed by atoms with Gasteiger partial charge in [-0.1, -0.05) is 19.9 Å². The van der Waals surface area contributed by atoms with Gasteiger partial charge in [-0.2, -0.15) is 5.10 Å². The van der Waals surface area contributed by atoms with Crippen LogP contribution < -0.4 is 10.2 Å². The minimum Gasteiger partial charge on any atom is -0.370 e. The van der Waals surface area contributed by atoms with Crippen LogP contribution in [-0.2, 0) is 0 Å². The molecule has 5 rings (SSSR count). The average molecular weight is 447 g/mol. The summed E-state index contributed by atoms with van der Waals surface area (Å²) >= 11 is 0. The van der Waals surface area contributed by atoms with Crippen molar-refractivity contribution < 1.29 is 4.79 Å². The van der Waals surface area contributed by atoms with E-state index in [2.05, 4.69) is 62.3 Å². The highest BCUT2D eigenvalue weighted by molar-refractivity contribution is 6.05. The molecule has 2 fully saturated rings. The van der Waals surface area contributed by atoms with Crippen molar-refractivity contribution in [1.82, 2.24) is 25.4 Å². The van der Waals surface area contributed by atoms with Crippen molar-refractivity contribution in [2.24, 2.45) is 5.92 Å². The van der Waals surface area contributed by atoms with E-state index in [0.29, 0.717) is 11.6 Å². The second kappa shape index (κ2) is 9.51. The van der Waals surface area contributed by atoms with Gasteiger partial charge in [-0.3, -0.25) is 14.9 Å². The number of H-pyrrole nitrogens is 1. The number of aromatic nitrogens is 3. The topological polar surface area (TPSA) is 77.1 Å². The lowest BCUT2D eigenvalue weighted by Crippen LogP contribution is -2.45. The minimum atomic E-state index is -0.0929. The summed E-state index contributed by atoms with van der Waals surface area (Å²) in [5.74, 6) is 0.580. The van der Waals surface area contributed by atoms with Crippen LogP contribution in [0, 0.1) is 5.92 Å². The number of pyridine rings is 1. The molecule has 7 nitrogen and oxygen atoms in total. The van der Waals surface area contributed by atoms with Crippen LogP contribution in [0.1, 0.15) is 50.0 Å². The summed E-state index contributed by atoms with van der Waals surface area (Å²) in [7, 11) is 0. The van der Waals surface area contributed by atoms with Gasteiger partial charge in [0.1, 0.15) is 0 Å². The molecule has 3 aromatic rings. The Kier molecular flexibility index (Phi) is 6.31. The molecule has 0 spiro atoms. The van der Waals surface area contributed by atoms with Crippen LogP contribution in [-0.4, -0.2) is 64.8 Å². The largest absolute Gasteiger partial charge is 0.370 e. The van der Waals surface area contributed by atoms with E-state index in [1.165, 1.54) is 18.5 Å². The van der Waals surface area contributed by atoms with Crippen molar-refractivity contribution in [2.75, 3.05) is 37.6 Å². The van der Waals surface area contributed by atoms with Crippen LogP contribution >= 0.6 is 0 Å². The normalized spacial score (nSPS) is 17.8. The molecule has 1 amide bonds. The molecule has 2 aliphatic heterocycles. The maximum Gasteiger partial charge on any atom is 0.272 e. The fourth-order valence-corrected chi connectivity index (χ4v) is 5.13. The highest BCUT2D eigenvalue weighted by Crippen LogP contribution is 2.29. The lowest BCUT2D eigenvalue weighted by molar-refractivity contribution is 0.0904. The minimum absolute atomic E-state index is 0.0929. The fraction of sp³-hybridized carbons (Fsp3) is 0.500. The first-order chi connectivity index (χ1) is 16.1. The van der Waals surface area contributed by atoms with Gasteiger partial charge in [0.05, 0.1) is 17.4 Å². The number of fused-ring (bicyclic) bond motifs is 1. The molecule has 0 saturated carbocycles. The number of amides is 1. The summed E-state index contributed by atoms with van der Waals surface area (Å²) in [6.45, 7) is 9.89. The van der Waals surface area contributed by atoms with E-state index < -0.39 is 0 Å². The van der Waals surface area contributed by atoms with E-state index >= 15 is 0 Å². The first-order valence-electron chi connectivity index (χ1n) is 12.3. The number of likely N-dealkylation sites (tertiary alicyclic amines) is 1. The molecule has 4 heterocycles. The van der Waals surface area contributed by atoms with Crippen molar-refractivity contribution in [2.45, 2.75) is 45.6 Å². The lowest BCUT2D eigenvalue weighted by atomic mass is 10.0. The maximum atomic E-state index is 13.1. The predicted octanol–water partition coefficient (Wildman–Crippen LogP) is 4.08. The number of piperidine rings is 1. The van der Waals surface area contributed by atoms with Gasteiger partial charge in [0.15, 0.2) is 5.69 Å². The zero-order chi connectivity index (χ0) is 22.8. The molecule has 0 bridgehead atoms. The van der Waals surface area contributed by atoms with Crippen LogP contribution in [0.15, 0.2) is 36.7 Å². The third-order valence-electron chi connectivity index (χ3n) is 6.85. The van der Waals surface area contributed by atoms with Crippen molar-refractivity contribution in [3.8, 4) is 11.1 Å². The number of hydrogen-bond acceptors (Lipinski definition) is 5. The second-order valence-corrected chi connectivity index (χ2v) is 9.90. The number of nitrogens with one attached hydrogen (secondary N) is 2. The summed E-state index contributed by atoms with van der Waals surface area (Å²) in [6.07, 6.45) is 8.28. The molecular weight excluding hydrogens is 412 g/mol. The zero-order valence-corrected chi connectivity index (χ0v) is 19.7. The van der Waals surface area contributed by atoms with Crippen LogP contribution in [0.4, 0.5) is 5.69 Å². The van der Waals surface area contributed by atoms with E-state index in [1.54, 1.807) is 0 Å². The van der Waals surface area contributed by atoms with Crippen LogP contribution in [0.5, 0.6) is 0 Å². The smallest absolute Gasteiger partial charge is 0.272 e. The van der Waals surface area contributed by atoms with Crippen LogP contribution in [0.25, 0.3) is 22.0 Å². The Balaban J connectivity index is 1.32. The van der Waals surface area contributed by atoms with Crippen molar-refractivity contribution in [1.29, 1.82) is 0 Å². The number of benzene rings is 1. The number of hydrogen-bond donors (Lipinski definition) is 2. The predicted molar refractivity (Wildman–Crippen MR) is 133 cm³/mol. The fourth-order valence-electron chi connectivity index (χ4n) is 5.13. The van der Waals surface area contributed by atoms with Crippen molar-refractivity contribution in [3.05, 3.63) is 42.4 Å². The van der Waals surface area contributed by atoms with E-state index in [1.807, 2.05) is 18.5 Å². The zero-order valence-electron chi connectivity index (χ0n) is 19.7. The van der Waals surface area contributed by atoms with E-state index in [4.69, 9.17) is 0 Å². The molecule has 0 aliphatic carbocycles. The Morgan fingerprint density at radius 3 is 2.64 bits per heavy atom. The SMILES string of the molecule is CC(C)CN1CCC(NC(=O)c2n[nH]c3ccc(-c4cncc(N5CCCC5)c4)cc23)CC1. The van der Waals surface area contributed by atoms with Gasteiger partial charge in [-0.05, 0) is 55.4 Å². The van der Waals surface area contributed by atoms with Gasteiger partial charge < -0.3 is 15.1 Å². The average Bonchev–Trinajstić information content (AvgIpc) is 3.50. The molecule has 0 radical (unpaired) electrons. The molecule has 2 aliphatic rings. The Morgan fingerprint density at radius 1 is 1.09 bits per heavy atom. The highest BCUT2D eigenvalue weighted by atomic mass is 16.2. The summed E-state index contributed by atoms with van der Waals surface area (Å²) in [5.41, 5.74) is 4.62. The number of aromatic amines is 1. The third kappa shape index (κ3) is 4.88. The number of carbonyl (C=O) groups excluding carboxylic acids is 1. The summed E-state index contributed by atoms with van der Waals surface area (Å²) < 4.78 is 0. The van der Waals surface area contributed by atoms with Gasteiger partial charge in [-0.15, -0.1) is 0 Å². The third-order valence-corrected chi connectivity index (χ3v) is 6.85. The molecule has 7 heteroatoms. The molecule has 2 saturated heterocycles. The first-order valence-corrected chi connectivity index (χ1v) is 12.3. The molecule has 1 aromatic carbocycles. The van der Waals surface area contributed by atoms with E-state index in [9.17, 15) is 4.79 Å². The Hall–Kier alpha value is -2.93. The highest BCUT2D eigenvalue weighted by Gasteiger charge is 2.23. The first kappa shape index (κ1) is 21.9. The Bertz CT molecular complexity index is 1110. The number of nitrogens with zero attached hydrogens (tertiary/aromatic N) is 4. The van der Waals surface area contributed by atoms with Gasteiger partial charge in [0, 0.05) is 55.9 Å². The van der Waals surface area contributed by atoms with Gasteiger partial charge in [0.25, 0.3) is 5.91 Å². The van der Waals surface area contributed by atoms with Gasteiger partial charge >= 0.3 is 0 Å². The number of rotatable bonds is 6. The summed E-state index contributed by atoms with van der Waals surface area (Å²) in [6, 6.07) is 8.53. The second-order valence-electron chi connectivity index (χ2n) is 9.90. The molecule has 33 heavy (non-hydrogen) atoms. The van der Waals surface area contributed by atoms with Crippen LogP contribution in [0.3, 0.4) is 0 Å². The molecule has 0 atom stereocenters. The standard InChI is InChI=1S/C26H34N6O/c1-18(2)17-31-11-7-21(8-12-31)28-26(33)25-23-14-19(5-6-24(23)29-30-25)20-13-22(16-27-15-20)32-9-3-4-10-32/h5-6,13-16,18,21H,3-4,7-12,17H2,1-2H3,(H,28,33)(H,29,30). The van der Waals surface area contributed by atoms with Crippen molar-refractivity contribution in [3.63, 3.8) is 0 Å². The molecule has 174 valence electrons. The van der Waals surface area contributed by atoms with Crippen molar-refractivity contribution >= 4 is 22.5 Å². The number of anilines is 1. The molecule has 2 N–H and O–H groups in total. The quantitative estimate of drug-likeness (QED) is 0.597. The monoisotopic (exact) mass is 446 g/mol. The number of carbonyl (C=O) groups is 1. The Morgan fingerprint density at radius 2 is 1.88 bits per heavy atom. The maximum absolute atomic E-state index is 13.1. The summed E-state index contributed by atoms with van der Waals surface area (Å²) in [4.78, 5) is 22.5. The van der Waals surface area contributed by atoms with Gasteiger partial charge in [-0.25, -0.2) is 0 Å². The molecular formula is C26H34N6O. The van der Waals surface area contributed by atoms with Crippen LogP contribution in [0.2, 0.25) is 0 Å². The van der Waals surface area contributed by atoms with E-state index in [-0.39, 0.29) is 11.9 Å². The molecule has 0 unspecified atom stereocenters. The lowest BCUT2D eigenvalue weighted by Gasteiger charge is -2.33. The van der Waals surface area contributed by atoms with E-state index in [0.717, 1.165) is 67.6 Å².